The molecular formula is C16H22N2O. The Morgan fingerprint density at radius 1 is 1.11 bits per heavy atom. The van der Waals surface area contributed by atoms with Gasteiger partial charge in [0.05, 0.1) is 5.52 Å². The van der Waals surface area contributed by atoms with Crippen LogP contribution in [0.3, 0.4) is 0 Å². The molecule has 3 heteroatoms. The van der Waals surface area contributed by atoms with Gasteiger partial charge in [0, 0.05) is 11.1 Å². The Labute approximate surface area is 114 Å². The first-order chi connectivity index (χ1) is 9.26. The maximum Gasteiger partial charge on any atom is 0.345 e. The summed E-state index contributed by atoms with van der Waals surface area (Å²) in [5.74, 6) is 0. The van der Waals surface area contributed by atoms with Crippen LogP contribution in [0.1, 0.15) is 50.8 Å². The van der Waals surface area contributed by atoms with Gasteiger partial charge in [-0.3, -0.25) is 0 Å². The van der Waals surface area contributed by atoms with E-state index in [0.29, 0.717) is 0 Å². The zero-order valence-electron chi connectivity index (χ0n) is 11.8. The fourth-order valence-electron chi connectivity index (χ4n) is 2.47. The van der Waals surface area contributed by atoms with E-state index in [9.17, 15) is 4.79 Å². The minimum Gasteiger partial charge on any atom is -0.309 e. The van der Waals surface area contributed by atoms with Crippen LogP contribution in [0.25, 0.3) is 10.9 Å². The quantitative estimate of drug-likeness (QED) is 0.860. The van der Waals surface area contributed by atoms with E-state index < -0.39 is 0 Å². The minimum atomic E-state index is -0.230. The fraction of sp³-hybridized carbons (Fsp3) is 0.500. The molecule has 0 bridgehead atoms. The number of nitrogens with one attached hydrogen (secondary N) is 1. The number of rotatable bonds is 6. The monoisotopic (exact) mass is 258 g/mol. The molecule has 19 heavy (non-hydrogen) atoms. The molecule has 1 heterocycles. The number of aromatic amines is 1. The van der Waals surface area contributed by atoms with Gasteiger partial charge in [0.1, 0.15) is 0 Å². The molecule has 102 valence electrons. The highest BCUT2D eigenvalue weighted by atomic mass is 16.1. The van der Waals surface area contributed by atoms with E-state index in [1.54, 1.807) is 0 Å². The van der Waals surface area contributed by atoms with Gasteiger partial charge in [0.25, 0.3) is 0 Å². The lowest BCUT2D eigenvalue weighted by Crippen LogP contribution is -2.14. The number of nitrogens with zero attached hydrogens (tertiary/aromatic N) is 1. The van der Waals surface area contributed by atoms with Crippen LogP contribution in [0.4, 0.5) is 0 Å². The van der Waals surface area contributed by atoms with Crippen LogP contribution in [0.15, 0.2) is 23.0 Å². The van der Waals surface area contributed by atoms with Crippen molar-refractivity contribution in [3.8, 4) is 0 Å². The highest BCUT2D eigenvalue weighted by Gasteiger charge is 2.08. The average Bonchev–Trinajstić information content (AvgIpc) is 2.41. The van der Waals surface area contributed by atoms with Gasteiger partial charge in [-0.1, -0.05) is 38.8 Å². The first kappa shape index (κ1) is 13.8. The van der Waals surface area contributed by atoms with Crippen molar-refractivity contribution in [2.45, 2.75) is 52.4 Å². The number of aryl methyl sites for hydroxylation is 2. The lowest BCUT2D eigenvalue weighted by atomic mass is 9.99. The SMILES string of the molecule is CCCCc1cccc2nc(=O)[nH]c(CCCC)c12. The lowest BCUT2D eigenvalue weighted by molar-refractivity contribution is 0.770. The van der Waals surface area contributed by atoms with Crippen molar-refractivity contribution in [2.24, 2.45) is 0 Å². The molecule has 0 saturated heterocycles. The number of benzene rings is 1. The number of aromatic nitrogens is 2. The Morgan fingerprint density at radius 3 is 2.58 bits per heavy atom. The van der Waals surface area contributed by atoms with Gasteiger partial charge in [-0.15, -0.1) is 0 Å². The second kappa shape index (κ2) is 6.50. The zero-order valence-corrected chi connectivity index (χ0v) is 11.8. The summed E-state index contributed by atoms with van der Waals surface area (Å²) in [7, 11) is 0. The van der Waals surface area contributed by atoms with Gasteiger partial charge < -0.3 is 4.98 Å². The third-order valence-electron chi connectivity index (χ3n) is 3.49. The van der Waals surface area contributed by atoms with Crippen LogP contribution < -0.4 is 5.69 Å². The Kier molecular flexibility index (Phi) is 4.72. The van der Waals surface area contributed by atoms with Crippen LogP contribution in [-0.4, -0.2) is 9.97 Å². The van der Waals surface area contributed by atoms with Crippen molar-refractivity contribution < 1.29 is 0 Å². The first-order valence-electron chi connectivity index (χ1n) is 7.27. The molecular weight excluding hydrogens is 236 g/mol. The van der Waals surface area contributed by atoms with Crippen molar-refractivity contribution >= 4 is 10.9 Å². The third-order valence-corrected chi connectivity index (χ3v) is 3.49. The van der Waals surface area contributed by atoms with E-state index in [1.807, 2.05) is 12.1 Å². The number of hydrogen-bond donors (Lipinski definition) is 1. The van der Waals surface area contributed by atoms with Crippen LogP contribution in [-0.2, 0) is 12.8 Å². The molecule has 2 aromatic rings. The lowest BCUT2D eigenvalue weighted by Gasteiger charge is -2.10. The van der Waals surface area contributed by atoms with Crippen molar-refractivity contribution in [1.82, 2.24) is 9.97 Å². The van der Waals surface area contributed by atoms with Crippen molar-refractivity contribution in [3.05, 3.63) is 39.9 Å². The molecule has 0 unspecified atom stereocenters. The largest absolute Gasteiger partial charge is 0.345 e. The molecule has 0 aliphatic carbocycles. The summed E-state index contributed by atoms with van der Waals surface area (Å²) in [5, 5.41) is 1.17. The summed E-state index contributed by atoms with van der Waals surface area (Å²) in [5.41, 5.74) is 2.98. The fourth-order valence-corrected chi connectivity index (χ4v) is 2.47. The second-order valence-electron chi connectivity index (χ2n) is 5.04. The summed E-state index contributed by atoms with van der Waals surface area (Å²) in [6.45, 7) is 4.36. The molecule has 0 aliphatic heterocycles. The summed E-state index contributed by atoms with van der Waals surface area (Å²) in [4.78, 5) is 18.7. The molecule has 3 nitrogen and oxygen atoms in total. The Morgan fingerprint density at radius 2 is 1.84 bits per heavy atom. The van der Waals surface area contributed by atoms with E-state index in [0.717, 1.165) is 36.9 Å². The van der Waals surface area contributed by atoms with E-state index in [4.69, 9.17) is 0 Å². The Bertz CT molecular complexity index is 601. The van der Waals surface area contributed by atoms with Gasteiger partial charge in [-0.25, -0.2) is 4.79 Å². The van der Waals surface area contributed by atoms with Gasteiger partial charge in [0.15, 0.2) is 0 Å². The molecule has 0 radical (unpaired) electrons. The first-order valence-corrected chi connectivity index (χ1v) is 7.27. The summed E-state index contributed by atoms with van der Waals surface area (Å²) in [6, 6.07) is 6.10. The molecule has 1 N–H and O–H groups in total. The maximum atomic E-state index is 11.6. The van der Waals surface area contributed by atoms with E-state index in [1.165, 1.54) is 23.8 Å². The molecule has 0 aliphatic rings. The Balaban J connectivity index is 2.53. The van der Waals surface area contributed by atoms with Gasteiger partial charge in [-0.05, 0) is 37.3 Å². The van der Waals surface area contributed by atoms with Gasteiger partial charge in [-0.2, -0.15) is 4.98 Å². The number of fused-ring (bicyclic) bond motifs is 1. The highest BCUT2D eigenvalue weighted by Crippen LogP contribution is 2.22. The maximum absolute atomic E-state index is 11.6. The van der Waals surface area contributed by atoms with Gasteiger partial charge in [0.2, 0.25) is 0 Å². The molecule has 0 fully saturated rings. The number of unbranched alkanes of at least 4 members (excludes halogenated alkanes) is 2. The van der Waals surface area contributed by atoms with Crippen molar-refractivity contribution in [2.75, 3.05) is 0 Å². The second-order valence-corrected chi connectivity index (χ2v) is 5.04. The van der Waals surface area contributed by atoms with E-state index in [2.05, 4.69) is 29.9 Å². The van der Waals surface area contributed by atoms with Crippen molar-refractivity contribution in [3.63, 3.8) is 0 Å². The molecule has 0 atom stereocenters. The van der Waals surface area contributed by atoms with Crippen LogP contribution in [0.5, 0.6) is 0 Å². The standard InChI is InChI=1S/C16H22N2O/c1-3-5-8-12-9-7-11-14-15(12)13(10-6-4-2)17-16(19)18-14/h7,9,11H,3-6,8,10H2,1-2H3,(H,17,18,19). The third kappa shape index (κ3) is 3.22. The average molecular weight is 258 g/mol. The predicted molar refractivity (Wildman–Crippen MR) is 79.6 cm³/mol. The molecule has 0 spiro atoms. The number of hydrogen-bond acceptors (Lipinski definition) is 2. The highest BCUT2D eigenvalue weighted by molar-refractivity contribution is 5.84. The number of H-pyrrole nitrogens is 1. The van der Waals surface area contributed by atoms with Crippen LogP contribution in [0.2, 0.25) is 0 Å². The predicted octanol–water partition coefficient (Wildman–Crippen LogP) is 3.61. The van der Waals surface area contributed by atoms with E-state index >= 15 is 0 Å². The Hall–Kier alpha value is -1.64. The molecule has 1 aromatic heterocycles. The van der Waals surface area contributed by atoms with E-state index in [-0.39, 0.29) is 5.69 Å². The topological polar surface area (TPSA) is 45.8 Å². The molecule has 1 aromatic carbocycles. The summed E-state index contributed by atoms with van der Waals surface area (Å²) in [6.07, 6.45) is 6.55. The minimum absolute atomic E-state index is 0.230. The molecule has 0 amide bonds. The molecule has 0 saturated carbocycles. The normalized spacial score (nSPS) is 11.1. The molecule has 2 rings (SSSR count). The zero-order chi connectivity index (χ0) is 13.7. The van der Waals surface area contributed by atoms with Crippen LogP contribution in [0, 0.1) is 0 Å². The summed E-state index contributed by atoms with van der Waals surface area (Å²) >= 11 is 0. The van der Waals surface area contributed by atoms with Gasteiger partial charge >= 0.3 is 5.69 Å². The van der Waals surface area contributed by atoms with Crippen LogP contribution >= 0.6 is 0 Å². The smallest absolute Gasteiger partial charge is 0.309 e. The van der Waals surface area contributed by atoms with Crippen molar-refractivity contribution in [1.29, 1.82) is 0 Å². The summed E-state index contributed by atoms with van der Waals surface area (Å²) < 4.78 is 0.